The summed E-state index contributed by atoms with van der Waals surface area (Å²) >= 11 is 12.5. The number of benzene rings is 1. The van der Waals surface area contributed by atoms with Gasteiger partial charge < -0.3 is 9.64 Å². The molecule has 0 aliphatic heterocycles. The Morgan fingerprint density at radius 1 is 1.12 bits per heavy atom. The Bertz CT molecular complexity index is 638. The lowest BCUT2D eigenvalue weighted by molar-refractivity contribution is 0.177. The molecule has 0 saturated carbocycles. The molecule has 138 valence electrons. The molecule has 0 aliphatic carbocycles. The van der Waals surface area contributed by atoms with E-state index in [4.69, 9.17) is 27.9 Å². The molecular formula is C16H26Cl2N2O3S. The topological polar surface area (TPSA) is 49.9 Å². The number of sulfonamides is 1. The maximum absolute atomic E-state index is 13.2. The summed E-state index contributed by atoms with van der Waals surface area (Å²) in [6.45, 7) is 5.20. The third-order valence-corrected chi connectivity index (χ3v) is 6.81. The minimum Gasteiger partial charge on any atom is -0.383 e. The third kappa shape index (κ3) is 5.31. The monoisotopic (exact) mass is 396 g/mol. The smallest absolute Gasteiger partial charge is 0.244 e. The summed E-state index contributed by atoms with van der Waals surface area (Å²) in [4.78, 5) is 2.11. The molecule has 1 aromatic rings. The van der Waals surface area contributed by atoms with Crippen LogP contribution in [0.25, 0.3) is 0 Å². The number of aryl methyl sites for hydroxylation is 1. The largest absolute Gasteiger partial charge is 0.383 e. The van der Waals surface area contributed by atoms with Gasteiger partial charge in [0.05, 0.1) is 11.6 Å². The molecule has 5 nitrogen and oxygen atoms in total. The lowest BCUT2D eigenvalue weighted by atomic mass is 10.2. The van der Waals surface area contributed by atoms with Gasteiger partial charge in [0.1, 0.15) is 4.90 Å². The van der Waals surface area contributed by atoms with Crippen LogP contribution in [0.2, 0.25) is 10.0 Å². The molecule has 8 heteroatoms. The zero-order valence-electron chi connectivity index (χ0n) is 14.9. The fraction of sp³-hybridized carbons (Fsp3) is 0.625. The number of rotatable bonds is 9. The van der Waals surface area contributed by atoms with Crippen LogP contribution in [-0.2, 0) is 14.8 Å². The Balaban J connectivity index is 3.25. The van der Waals surface area contributed by atoms with Crippen molar-refractivity contribution >= 4 is 33.2 Å². The second kappa shape index (κ2) is 9.36. The summed E-state index contributed by atoms with van der Waals surface area (Å²) in [5.41, 5.74) is 1.12. The number of halogens is 2. The van der Waals surface area contributed by atoms with Gasteiger partial charge in [-0.15, -0.1) is 0 Å². The van der Waals surface area contributed by atoms with E-state index in [-0.39, 0.29) is 16.5 Å². The molecule has 0 bridgehead atoms. The van der Waals surface area contributed by atoms with Crippen LogP contribution >= 0.6 is 23.2 Å². The van der Waals surface area contributed by atoms with Gasteiger partial charge in [0, 0.05) is 25.2 Å². The molecule has 0 fully saturated rings. The molecule has 0 radical (unpaired) electrons. The molecule has 0 unspecified atom stereocenters. The molecule has 0 heterocycles. The zero-order valence-corrected chi connectivity index (χ0v) is 17.2. The second-order valence-electron chi connectivity index (χ2n) is 6.00. The van der Waals surface area contributed by atoms with E-state index in [2.05, 4.69) is 0 Å². The van der Waals surface area contributed by atoms with E-state index in [9.17, 15) is 8.42 Å². The SMILES string of the molecule is COCCN(CCCN(C)C)S(=O)(=O)c1c(C)c(Cl)cc(C)c1Cl. The fourth-order valence-electron chi connectivity index (χ4n) is 2.36. The van der Waals surface area contributed by atoms with Crippen molar-refractivity contribution in [1.82, 2.24) is 9.21 Å². The van der Waals surface area contributed by atoms with Crippen LogP contribution < -0.4 is 0 Å². The van der Waals surface area contributed by atoms with Crippen molar-refractivity contribution in [2.45, 2.75) is 25.2 Å². The van der Waals surface area contributed by atoms with Crippen molar-refractivity contribution in [3.63, 3.8) is 0 Å². The maximum Gasteiger partial charge on any atom is 0.244 e. The second-order valence-corrected chi connectivity index (χ2v) is 8.66. The summed E-state index contributed by atoms with van der Waals surface area (Å²) in [5.74, 6) is 0. The first-order chi connectivity index (χ1) is 11.1. The Morgan fingerprint density at radius 2 is 1.75 bits per heavy atom. The molecule has 0 N–H and O–H groups in total. The number of hydrogen-bond acceptors (Lipinski definition) is 4. The highest BCUT2D eigenvalue weighted by atomic mass is 35.5. The summed E-state index contributed by atoms with van der Waals surface area (Å²) in [6, 6.07) is 1.68. The van der Waals surface area contributed by atoms with E-state index in [0.717, 1.165) is 6.54 Å². The molecule has 1 aromatic carbocycles. The zero-order chi connectivity index (χ0) is 18.5. The number of hydrogen-bond donors (Lipinski definition) is 0. The number of nitrogens with zero attached hydrogens (tertiary/aromatic N) is 2. The first-order valence-corrected chi connectivity index (χ1v) is 9.91. The van der Waals surface area contributed by atoms with E-state index in [1.807, 2.05) is 19.0 Å². The van der Waals surface area contributed by atoms with Crippen molar-refractivity contribution in [2.75, 3.05) is 47.4 Å². The van der Waals surface area contributed by atoms with Crippen molar-refractivity contribution in [3.05, 3.63) is 27.2 Å². The van der Waals surface area contributed by atoms with Crippen LogP contribution in [0.15, 0.2) is 11.0 Å². The predicted molar refractivity (Wildman–Crippen MR) is 99.7 cm³/mol. The van der Waals surface area contributed by atoms with Crippen LogP contribution in [-0.4, -0.2) is 65.1 Å². The third-order valence-electron chi connectivity index (χ3n) is 3.74. The van der Waals surface area contributed by atoms with Gasteiger partial charge in [-0.2, -0.15) is 4.31 Å². The molecule has 1 rings (SSSR count). The Hall–Kier alpha value is -0.370. The maximum atomic E-state index is 13.2. The molecule has 0 aromatic heterocycles. The lowest BCUT2D eigenvalue weighted by Crippen LogP contribution is -2.36. The first-order valence-electron chi connectivity index (χ1n) is 7.72. The predicted octanol–water partition coefficient (Wildman–Crippen LogP) is 3.20. The fourth-order valence-corrected chi connectivity index (χ4v) is 4.99. The highest BCUT2D eigenvalue weighted by Gasteiger charge is 2.30. The van der Waals surface area contributed by atoms with Gasteiger partial charge in [-0.25, -0.2) is 8.42 Å². The highest BCUT2D eigenvalue weighted by molar-refractivity contribution is 7.89. The van der Waals surface area contributed by atoms with Gasteiger partial charge in [0.15, 0.2) is 0 Å². The van der Waals surface area contributed by atoms with Gasteiger partial charge in [-0.1, -0.05) is 23.2 Å². The van der Waals surface area contributed by atoms with Gasteiger partial charge in [-0.3, -0.25) is 0 Å². The summed E-state index contributed by atoms with van der Waals surface area (Å²) in [7, 11) is 1.70. The van der Waals surface area contributed by atoms with Crippen LogP contribution in [0.4, 0.5) is 0 Å². The molecule has 0 spiro atoms. The van der Waals surface area contributed by atoms with Crippen LogP contribution in [0.5, 0.6) is 0 Å². The quantitative estimate of drug-likeness (QED) is 0.642. The van der Waals surface area contributed by atoms with Crippen molar-refractivity contribution < 1.29 is 13.2 Å². The van der Waals surface area contributed by atoms with Crippen LogP contribution in [0, 0.1) is 13.8 Å². The average Bonchev–Trinajstić information content (AvgIpc) is 2.48. The Morgan fingerprint density at radius 3 is 2.29 bits per heavy atom. The average molecular weight is 397 g/mol. The number of methoxy groups -OCH3 is 1. The van der Waals surface area contributed by atoms with Crippen molar-refractivity contribution in [3.8, 4) is 0 Å². The molecule has 0 saturated heterocycles. The van der Waals surface area contributed by atoms with Gasteiger partial charge in [0.2, 0.25) is 10.0 Å². The molecule has 0 aliphatic rings. The van der Waals surface area contributed by atoms with Gasteiger partial charge in [-0.05, 0) is 58.1 Å². The lowest BCUT2D eigenvalue weighted by Gasteiger charge is -2.25. The van der Waals surface area contributed by atoms with Crippen LogP contribution in [0.1, 0.15) is 17.5 Å². The molecule has 0 atom stereocenters. The minimum atomic E-state index is -3.76. The van der Waals surface area contributed by atoms with E-state index in [1.165, 1.54) is 4.31 Å². The van der Waals surface area contributed by atoms with Crippen LogP contribution in [0.3, 0.4) is 0 Å². The van der Waals surface area contributed by atoms with Gasteiger partial charge >= 0.3 is 0 Å². The molecular weight excluding hydrogens is 371 g/mol. The molecule has 24 heavy (non-hydrogen) atoms. The van der Waals surface area contributed by atoms with E-state index in [1.54, 1.807) is 27.0 Å². The normalized spacial score (nSPS) is 12.4. The molecule has 0 amide bonds. The minimum absolute atomic E-state index is 0.0927. The van der Waals surface area contributed by atoms with Crippen molar-refractivity contribution in [2.24, 2.45) is 0 Å². The first kappa shape index (κ1) is 21.7. The van der Waals surface area contributed by atoms with E-state index >= 15 is 0 Å². The highest BCUT2D eigenvalue weighted by Crippen LogP contribution is 2.35. The van der Waals surface area contributed by atoms with Crippen molar-refractivity contribution in [1.29, 1.82) is 0 Å². The summed E-state index contributed by atoms with van der Waals surface area (Å²) in [5, 5.41) is 0.627. The summed E-state index contributed by atoms with van der Waals surface area (Å²) < 4.78 is 32.8. The van der Waals surface area contributed by atoms with E-state index < -0.39 is 10.0 Å². The Labute approximate surface area is 155 Å². The summed E-state index contributed by atoms with van der Waals surface area (Å²) in [6.07, 6.45) is 0.714. The Kier molecular flexibility index (Phi) is 8.45. The number of ether oxygens (including phenoxy) is 1. The van der Waals surface area contributed by atoms with E-state index in [0.29, 0.717) is 35.7 Å². The van der Waals surface area contributed by atoms with Gasteiger partial charge in [0.25, 0.3) is 0 Å². The standard InChI is InChI=1S/C16H26Cl2N2O3S/c1-12-11-14(17)13(2)16(15(12)18)24(21,22)20(9-10-23-5)8-6-7-19(3)4/h11H,6-10H2,1-5H3.